The average molecular weight is 477 g/mol. The molecule has 0 bridgehead atoms. The number of hydrogen-bond acceptors (Lipinski definition) is 4. The zero-order valence-electron chi connectivity index (χ0n) is 20.0. The van der Waals surface area contributed by atoms with Gasteiger partial charge in [-0.1, -0.05) is 61.4 Å². The summed E-state index contributed by atoms with van der Waals surface area (Å²) < 4.78 is 5.71. The minimum Gasteiger partial charge on any atom is -0.480 e. The van der Waals surface area contributed by atoms with Gasteiger partial charge < -0.3 is 20.5 Å². The Balaban J connectivity index is 1.24. The number of carbonyl (C=O) groups excluding carboxylic acids is 2. The van der Waals surface area contributed by atoms with Crippen molar-refractivity contribution in [1.82, 2.24) is 10.6 Å². The van der Waals surface area contributed by atoms with E-state index in [0.29, 0.717) is 12.8 Å². The Labute approximate surface area is 205 Å². The summed E-state index contributed by atoms with van der Waals surface area (Å²) in [5.41, 5.74) is 2.63. The van der Waals surface area contributed by atoms with Crippen molar-refractivity contribution in [1.29, 1.82) is 0 Å². The summed E-state index contributed by atoms with van der Waals surface area (Å²) >= 11 is 0. The first kappa shape index (κ1) is 23.4. The van der Waals surface area contributed by atoms with Gasteiger partial charge in [0.1, 0.15) is 12.1 Å². The lowest BCUT2D eigenvalue weighted by molar-refractivity contribution is -0.147. The van der Waals surface area contributed by atoms with Gasteiger partial charge in [-0.05, 0) is 60.8 Å². The average Bonchev–Trinajstić information content (AvgIpc) is 3.51. The molecule has 0 saturated heterocycles. The summed E-state index contributed by atoms with van der Waals surface area (Å²) in [6, 6.07) is 16.3. The number of fused-ring (bicyclic) bond motifs is 3. The highest BCUT2D eigenvalue weighted by atomic mass is 16.5. The van der Waals surface area contributed by atoms with E-state index in [2.05, 4.69) is 34.9 Å². The smallest absolute Gasteiger partial charge is 0.407 e. The van der Waals surface area contributed by atoms with Crippen LogP contribution in [0.2, 0.25) is 0 Å². The summed E-state index contributed by atoms with van der Waals surface area (Å²) in [6.45, 7) is 2.06. The maximum Gasteiger partial charge on any atom is 0.407 e. The van der Waals surface area contributed by atoms with E-state index < -0.39 is 23.1 Å². The van der Waals surface area contributed by atoms with E-state index in [1.165, 1.54) is 0 Å². The van der Waals surface area contributed by atoms with Gasteiger partial charge in [-0.3, -0.25) is 4.79 Å². The first-order valence-electron chi connectivity index (χ1n) is 12.5. The monoisotopic (exact) mass is 476 g/mol. The molecule has 0 spiro atoms. The van der Waals surface area contributed by atoms with Gasteiger partial charge >= 0.3 is 12.1 Å². The van der Waals surface area contributed by atoms with Gasteiger partial charge in [-0.2, -0.15) is 0 Å². The zero-order valence-corrected chi connectivity index (χ0v) is 20.0. The van der Waals surface area contributed by atoms with Crippen molar-refractivity contribution < 1.29 is 24.2 Å². The van der Waals surface area contributed by atoms with Gasteiger partial charge in [0, 0.05) is 12.3 Å². The Kier molecular flexibility index (Phi) is 6.03. The van der Waals surface area contributed by atoms with E-state index in [4.69, 9.17) is 4.74 Å². The first-order chi connectivity index (χ1) is 16.8. The largest absolute Gasteiger partial charge is 0.480 e. The fraction of sp³-hybridized carbons (Fsp3) is 0.464. The molecule has 5 rings (SSSR count). The fourth-order valence-corrected chi connectivity index (χ4v) is 5.89. The molecule has 2 saturated carbocycles. The minimum atomic E-state index is -1.19. The number of aliphatic carboxylic acids is 1. The van der Waals surface area contributed by atoms with E-state index in [0.717, 1.165) is 47.9 Å². The molecule has 0 aliphatic heterocycles. The number of hydrogen-bond donors (Lipinski definition) is 3. The Morgan fingerprint density at radius 3 is 2.11 bits per heavy atom. The molecule has 2 aromatic carbocycles. The molecule has 3 N–H and O–H groups in total. The summed E-state index contributed by atoms with van der Waals surface area (Å²) in [5.74, 6) is -1.21. The van der Waals surface area contributed by atoms with Crippen molar-refractivity contribution in [3.8, 4) is 11.1 Å². The maximum atomic E-state index is 12.9. The Morgan fingerprint density at radius 1 is 1.00 bits per heavy atom. The number of ether oxygens (including phenoxy) is 1. The van der Waals surface area contributed by atoms with Gasteiger partial charge in [0.2, 0.25) is 5.91 Å². The van der Waals surface area contributed by atoms with Crippen LogP contribution in [0.25, 0.3) is 11.1 Å². The molecule has 3 aliphatic rings. The third-order valence-corrected chi connectivity index (χ3v) is 7.98. The highest BCUT2D eigenvalue weighted by Crippen LogP contribution is 2.45. The molecular formula is C28H32N2O5. The molecule has 1 atom stereocenters. The van der Waals surface area contributed by atoms with Crippen LogP contribution >= 0.6 is 0 Å². The highest BCUT2D eigenvalue weighted by Gasteiger charge is 2.47. The Morgan fingerprint density at radius 2 is 1.57 bits per heavy atom. The first-order valence-corrected chi connectivity index (χ1v) is 12.5. The molecule has 1 unspecified atom stereocenters. The topological polar surface area (TPSA) is 105 Å². The van der Waals surface area contributed by atoms with Crippen molar-refractivity contribution in [3.63, 3.8) is 0 Å². The maximum absolute atomic E-state index is 12.9. The fourth-order valence-electron chi connectivity index (χ4n) is 5.89. The number of carboxylic acids is 1. The Bertz CT molecular complexity index is 1110. The third kappa shape index (κ3) is 4.51. The number of rotatable bonds is 8. The molecule has 35 heavy (non-hydrogen) atoms. The van der Waals surface area contributed by atoms with Gasteiger partial charge in [0.25, 0.3) is 0 Å². The normalized spacial score (nSPS) is 19.8. The minimum absolute atomic E-state index is 0.0247. The van der Waals surface area contributed by atoms with Crippen LogP contribution in [0.3, 0.4) is 0 Å². The number of carbonyl (C=O) groups is 3. The Hall–Kier alpha value is -3.35. The molecular weight excluding hydrogens is 444 g/mol. The summed E-state index contributed by atoms with van der Waals surface area (Å²) in [6.07, 6.45) is 3.74. The standard InChI is InChI=1S/C28H32N2O5/c1-27(18-12-13-18,16-24(31)29-28(25(32)33)14-6-7-15-28)30-26(34)35-17-23-21-10-4-2-8-19(21)20-9-3-5-11-22(20)23/h2-5,8-11,18,23H,6-7,12-17H2,1H3,(H,29,31)(H,30,34)(H,32,33). The van der Waals surface area contributed by atoms with E-state index in [-0.39, 0.29) is 30.8 Å². The summed E-state index contributed by atoms with van der Waals surface area (Å²) in [4.78, 5) is 37.7. The van der Waals surface area contributed by atoms with Crippen LogP contribution in [0, 0.1) is 5.92 Å². The lowest BCUT2D eigenvalue weighted by Crippen LogP contribution is -2.56. The van der Waals surface area contributed by atoms with Crippen molar-refractivity contribution in [2.24, 2.45) is 5.92 Å². The summed E-state index contributed by atoms with van der Waals surface area (Å²) in [7, 11) is 0. The van der Waals surface area contributed by atoms with E-state index in [1.807, 2.05) is 31.2 Å². The van der Waals surface area contributed by atoms with Gasteiger partial charge in [0.15, 0.2) is 0 Å². The molecule has 2 aromatic rings. The predicted octanol–water partition coefficient (Wildman–Crippen LogP) is 4.60. The van der Waals surface area contributed by atoms with E-state index >= 15 is 0 Å². The molecule has 0 aromatic heterocycles. The van der Waals surface area contributed by atoms with Crippen molar-refractivity contribution in [3.05, 3.63) is 59.7 Å². The van der Waals surface area contributed by atoms with Crippen molar-refractivity contribution in [2.45, 2.75) is 68.9 Å². The SMILES string of the molecule is CC(CC(=O)NC1(C(=O)O)CCCC1)(NC(=O)OCC1c2ccccc2-c2ccccc21)C1CC1. The third-order valence-electron chi connectivity index (χ3n) is 7.98. The molecule has 0 heterocycles. The molecule has 0 radical (unpaired) electrons. The second-order valence-corrected chi connectivity index (χ2v) is 10.5. The molecule has 3 aliphatic carbocycles. The number of carboxylic acid groups (broad SMARTS) is 1. The highest BCUT2D eigenvalue weighted by molar-refractivity contribution is 5.88. The van der Waals surface area contributed by atoms with Crippen LogP contribution in [0.4, 0.5) is 4.79 Å². The van der Waals surface area contributed by atoms with Crippen LogP contribution < -0.4 is 10.6 Å². The van der Waals surface area contributed by atoms with E-state index in [1.54, 1.807) is 0 Å². The number of benzene rings is 2. The van der Waals surface area contributed by atoms with Crippen LogP contribution in [0.15, 0.2) is 48.5 Å². The lowest BCUT2D eigenvalue weighted by atomic mass is 9.90. The molecule has 2 fully saturated rings. The summed E-state index contributed by atoms with van der Waals surface area (Å²) in [5, 5.41) is 15.4. The lowest BCUT2D eigenvalue weighted by Gasteiger charge is -2.32. The van der Waals surface area contributed by atoms with Gasteiger partial charge in [0.05, 0.1) is 5.54 Å². The van der Waals surface area contributed by atoms with Crippen LogP contribution in [0.5, 0.6) is 0 Å². The molecule has 184 valence electrons. The molecule has 7 nitrogen and oxygen atoms in total. The predicted molar refractivity (Wildman–Crippen MR) is 131 cm³/mol. The molecule has 2 amide bonds. The number of nitrogens with one attached hydrogen (secondary N) is 2. The second kappa shape index (κ2) is 9.02. The van der Waals surface area contributed by atoms with Gasteiger partial charge in [-0.15, -0.1) is 0 Å². The zero-order chi connectivity index (χ0) is 24.6. The van der Waals surface area contributed by atoms with Crippen LogP contribution in [0.1, 0.15) is 68.9 Å². The van der Waals surface area contributed by atoms with Crippen LogP contribution in [-0.4, -0.2) is 40.8 Å². The van der Waals surface area contributed by atoms with Crippen LogP contribution in [-0.2, 0) is 14.3 Å². The van der Waals surface area contributed by atoms with Crippen molar-refractivity contribution in [2.75, 3.05) is 6.61 Å². The van der Waals surface area contributed by atoms with Gasteiger partial charge in [-0.25, -0.2) is 9.59 Å². The number of amides is 2. The number of alkyl carbamates (subject to hydrolysis) is 1. The quantitative estimate of drug-likeness (QED) is 0.517. The second-order valence-electron chi connectivity index (χ2n) is 10.5. The molecule has 7 heteroatoms. The van der Waals surface area contributed by atoms with E-state index in [9.17, 15) is 19.5 Å². The van der Waals surface area contributed by atoms with Crippen molar-refractivity contribution >= 4 is 18.0 Å².